The topological polar surface area (TPSA) is 96.3 Å². The molecule has 2 aromatic heterocycles. The highest BCUT2D eigenvalue weighted by Gasteiger charge is 2.38. The Hall–Kier alpha value is -4.72. The molecular formula is C27H23N5O3. The van der Waals surface area contributed by atoms with E-state index in [4.69, 9.17) is 0 Å². The summed E-state index contributed by atoms with van der Waals surface area (Å²) in [6.07, 6.45) is 3.36. The van der Waals surface area contributed by atoms with E-state index in [1.807, 2.05) is 37.3 Å². The van der Waals surface area contributed by atoms with Crippen LogP contribution in [0, 0.1) is 6.92 Å². The number of pyridine rings is 2. The van der Waals surface area contributed by atoms with E-state index in [1.165, 1.54) is 15.5 Å². The van der Waals surface area contributed by atoms with Gasteiger partial charge in [0.1, 0.15) is 11.9 Å². The van der Waals surface area contributed by atoms with E-state index >= 15 is 0 Å². The maximum absolute atomic E-state index is 13.4. The first-order valence-electron chi connectivity index (χ1n) is 11.2. The van der Waals surface area contributed by atoms with Crippen LogP contribution in [0.4, 0.5) is 16.3 Å². The van der Waals surface area contributed by atoms with E-state index in [0.717, 1.165) is 16.7 Å². The van der Waals surface area contributed by atoms with E-state index in [-0.39, 0.29) is 11.5 Å². The average molecular weight is 466 g/mol. The van der Waals surface area contributed by atoms with E-state index in [9.17, 15) is 14.4 Å². The van der Waals surface area contributed by atoms with E-state index < -0.39 is 12.1 Å². The molecule has 3 heterocycles. The van der Waals surface area contributed by atoms with Gasteiger partial charge in [0.15, 0.2) is 0 Å². The van der Waals surface area contributed by atoms with Gasteiger partial charge >= 0.3 is 6.03 Å². The van der Waals surface area contributed by atoms with Gasteiger partial charge in [0.05, 0.1) is 0 Å². The number of aromatic nitrogens is 2. The van der Waals surface area contributed by atoms with Gasteiger partial charge in [-0.25, -0.2) is 9.78 Å². The average Bonchev–Trinajstić information content (AvgIpc) is 3.26. The van der Waals surface area contributed by atoms with Crippen LogP contribution >= 0.6 is 0 Å². The fourth-order valence-electron chi connectivity index (χ4n) is 4.14. The van der Waals surface area contributed by atoms with E-state index in [2.05, 4.69) is 15.6 Å². The largest absolute Gasteiger partial charge is 0.324 e. The van der Waals surface area contributed by atoms with Crippen molar-refractivity contribution < 1.29 is 9.59 Å². The Bertz CT molecular complexity index is 1440. The standard InChI is InChI=1S/C27H23N5O3/c1-18-9-14-23(28-16-18)30-27(35)32-17-19-6-2-3-7-22(19)25(32)26(34)29-20-10-12-21(13-11-20)31-15-5-4-8-24(31)33/h2-16,25H,17H2,1H3,(H,29,34)(H,28,30,35)/t25-/m0/s1. The molecule has 0 unspecified atom stereocenters. The number of fused-ring (bicyclic) bond motifs is 1. The zero-order valence-electron chi connectivity index (χ0n) is 19.0. The minimum Gasteiger partial charge on any atom is -0.324 e. The molecule has 0 saturated carbocycles. The third kappa shape index (κ3) is 4.54. The first-order chi connectivity index (χ1) is 17.0. The van der Waals surface area contributed by atoms with E-state index in [0.29, 0.717) is 23.7 Å². The number of aryl methyl sites for hydroxylation is 1. The van der Waals surface area contributed by atoms with Gasteiger partial charge in [0, 0.05) is 36.4 Å². The molecule has 1 aliphatic heterocycles. The van der Waals surface area contributed by atoms with Crippen molar-refractivity contribution in [2.24, 2.45) is 0 Å². The smallest absolute Gasteiger partial charge is 0.324 e. The van der Waals surface area contributed by atoms with Crippen LogP contribution in [0.25, 0.3) is 5.69 Å². The van der Waals surface area contributed by atoms with Gasteiger partial charge in [-0.2, -0.15) is 0 Å². The number of nitrogens with zero attached hydrogens (tertiary/aromatic N) is 3. The summed E-state index contributed by atoms with van der Waals surface area (Å²) in [6.45, 7) is 2.22. The highest BCUT2D eigenvalue weighted by atomic mass is 16.2. The number of carbonyl (C=O) groups is 2. The van der Waals surface area contributed by atoms with Gasteiger partial charge < -0.3 is 10.2 Å². The predicted octanol–water partition coefficient (Wildman–Crippen LogP) is 4.27. The fraction of sp³-hybridized carbons (Fsp3) is 0.111. The molecule has 1 atom stereocenters. The summed E-state index contributed by atoms with van der Waals surface area (Å²) in [4.78, 5) is 44.3. The van der Waals surface area contributed by atoms with Crippen LogP contribution in [0.1, 0.15) is 22.7 Å². The minimum absolute atomic E-state index is 0.142. The molecule has 8 heteroatoms. The Kier molecular flexibility index (Phi) is 5.85. The monoisotopic (exact) mass is 465 g/mol. The molecule has 3 amide bonds. The molecule has 8 nitrogen and oxygen atoms in total. The van der Waals surface area contributed by atoms with Crippen molar-refractivity contribution in [2.45, 2.75) is 19.5 Å². The molecule has 35 heavy (non-hydrogen) atoms. The quantitative estimate of drug-likeness (QED) is 0.471. The van der Waals surface area contributed by atoms with Crippen molar-refractivity contribution in [3.8, 4) is 5.69 Å². The SMILES string of the molecule is Cc1ccc(NC(=O)N2Cc3ccccc3[C@H]2C(=O)Nc2ccc(-n3ccccc3=O)cc2)nc1. The summed E-state index contributed by atoms with van der Waals surface area (Å²) in [5.41, 5.74) is 3.79. The summed E-state index contributed by atoms with van der Waals surface area (Å²) >= 11 is 0. The first-order valence-corrected chi connectivity index (χ1v) is 11.2. The number of carbonyl (C=O) groups excluding carboxylic acids is 2. The van der Waals surface area contributed by atoms with Crippen molar-refractivity contribution in [1.29, 1.82) is 0 Å². The van der Waals surface area contributed by atoms with Gasteiger partial charge in [-0.15, -0.1) is 0 Å². The number of hydrogen-bond acceptors (Lipinski definition) is 4. The van der Waals surface area contributed by atoms with Gasteiger partial charge in [0.2, 0.25) is 0 Å². The highest BCUT2D eigenvalue weighted by molar-refractivity contribution is 6.00. The molecule has 0 spiro atoms. The molecule has 2 N–H and O–H groups in total. The molecule has 0 saturated heterocycles. The molecule has 2 aromatic carbocycles. The summed E-state index contributed by atoms with van der Waals surface area (Å²) < 4.78 is 1.52. The number of benzene rings is 2. The van der Waals surface area contributed by atoms with Crippen LogP contribution in [-0.4, -0.2) is 26.4 Å². The second-order valence-electron chi connectivity index (χ2n) is 8.33. The second-order valence-corrected chi connectivity index (χ2v) is 8.33. The Morgan fingerprint density at radius 3 is 2.43 bits per heavy atom. The van der Waals surface area contributed by atoms with Crippen molar-refractivity contribution in [1.82, 2.24) is 14.5 Å². The fourth-order valence-corrected chi connectivity index (χ4v) is 4.14. The van der Waals surface area contributed by atoms with Crippen molar-refractivity contribution >= 4 is 23.4 Å². The van der Waals surface area contributed by atoms with Crippen LogP contribution in [0.15, 0.2) is 96.1 Å². The van der Waals surface area contributed by atoms with Gasteiger partial charge in [-0.05, 0) is 60.0 Å². The van der Waals surface area contributed by atoms with Gasteiger partial charge in [-0.3, -0.25) is 19.5 Å². The summed E-state index contributed by atoms with van der Waals surface area (Å²) in [5, 5.41) is 5.70. The molecule has 174 valence electrons. The molecule has 5 rings (SSSR count). The minimum atomic E-state index is -0.798. The number of nitrogens with one attached hydrogen (secondary N) is 2. The summed E-state index contributed by atoms with van der Waals surface area (Å²) in [7, 11) is 0. The maximum atomic E-state index is 13.4. The third-order valence-electron chi connectivity index (χ3n) is 5.89. The second kappa shape index (κ2) is 9.26. The van der Waals surface area contributed by atoms with E-state index in [1.54, 1.807) is 54.9 Å². The Labute approximate surface area is 201 Å². The zero-order valence-corrected chi connectivity index (χ0v) is 19.0. The number of hydrogen-bond donors (Lipinski definition) is 2. The van der Waals surface area contributed by atoms with Gasteiger partial charge in [-0.1, -0.05) is 36.4 Å². The Morgan fingerprint density at radius 1 is 0.914 bits per heavy atom. The summed E-state index contributed by atoms with van der Waals surface area (Å²) in [6, 6.07) is 21.8. The van der Waals surface area contributed by atoms with Crippen LogP contribution in [0.3, 0.4) is 0 Å². The van der Waals surface area contributed by atoms with Crippen LogP contribution < -0.4 is 16.2 Å². The van der Waals surface area contributed by atoms with Crippen LogP contribution in [0.5, 0.6) is 0 Å². The number of amides is 3. The first kappa shape index (κ1) is 22.1. The lowest BCUT2D eigenvalue weighted by Crippen LogP contribution is -2.39. The van der Waals surface area contributed by atoms with Crippen molar-refractivity contribution in [2.75, 3.05) is 10.6 Å². The zero-order chi connectivity index (χ0) is 24.4. The van der Waals surface area contributed by atoms with Crippen LogP contribution in [-0.2, 0) is 11.3 Å². The van der Waals surface area contributed by atoms with Crippen LogP contribution in [0.2, 0.25) is 0 Å². The molecule has 4 aromatic rings. The lowest BCUT2D eigenvalue weighted by atomic mass is 10.0. The molecule has 0 radical (unpaired) electrons. The van der Waals surface area contributed by atoms with Gasteiger partial charge in [0.25, 0.3) is 11.5 Å². The van der Waals surface area contributed by atoms with Crippen molar-refractivity contribution in [3.05, 3.63) is 118 Å². The normalized spacial score (nSPS) is 14.3. The molecule has 0 aliphatic carbocycles. The molecule has 0 fully saturated rings. The molecular weight excluding hydrogens is 442 g/mol. The number of rotatable bonds is 4. The highest BCUT2D eigenvalue weighted by Crippen LogP contribution is 2.35. The lowest BCUT2D eigenvalue weighted by molar-refractivity contribution is -0.120. The molecule has 0 bridgehead atoms. The number of urea groups is 1. The number of anilines is 2. The van der Waals surface area contributed by atoms with Crippen molar-refractivity contribution in [3.63, 3.8) is 0 Å². The third-order valence-corrected chi connectivity index (χ3v) is 5.89. The predicted molar refractivity (Wildman–Crippen MR) is 133 cm³/mol. The summed E-state index contributed by atoms with van der Waals surface area (Å²) in [5.74, 6) is 0.0917. The Balaban J connectivity index is 1.37. The Morgan fingerprint density at radius 2 is 1.69 bits per heavy atom. The maximum Gasteiger partial charge on any atom is 0.324 e. The lowest BCUT2D eigenvalue weighted by Gasteiger charge is -2.24. The molecule has 1 aliphatic rings.